The first kappa shape index (κ1) is 18.4. The quantitative estimate of drug-likeness (QED) is 0.835. The fourth-order valence-corrected chi connectivity index (χ4v) is 3.76. The maximum absolute atomic E-state index is 12.8. The predicted molar refractivity (Wildman–Crippen MR) is 97.7 cm³/mol. The Kier molecular flexibility index (Phi) is 5.77. The molecule has 0 saturated carbocycles. The van der Waals surface area contributed by atoms with E-state index in [4.69, 9.17) is 9.47 Å². The van der Waals surface area contributed by atoms with Crippen LogP contribution in [-0.2, 0) is 20.7 Å². The van der Waals surface area contributed by atoms with E-state index in [0.29, 0.717) is 32.7 Å². The van der Waals surface area contributed by atoms with Gasteiger partial charge in [-0.25, -0.2) is 0 Å². The van der Waals surface area contributed by atoms with E-state index in [1.54, 1.807) is 0 Å². The number of ether oxygens (including phenoxy) is 2. The highest BCUT2D eigenvalue weighted by atomic mass is 16.6. The zero-order valence-electron chi connectivity index (χ0n) is 15.7. The summed E-state index contributed by atoms with van der Waals surface area (Å²) < 4.78 is 12.2. The van der Waals surface area contributed by atoms with Crippen molar-refractivity contribution in [3.8, 4) is 0 Å². The molecule has 2 atom stereocenters. The molecule has 5 nitrogen and oxygen atoms in total. The van der Waals surface area contributed by atoms with Gasteiger partial charge in [-0.15, -0.1) is 0 Å². The number of carbonyl (C=O) groups excluding carboxylic acids is 1. The van der Waals surface area contributed by atoms with Crippen LogP contribution in [0.2, 0.25) is 0 Å². The van der Waals surface area contributed by atoms with Gasteiger partial charge in [0.1, 0.15) is 5.60 Å². The van der Waals surface area contributed by atoms with E-state index in [-0.39, 0.29) is 17.6 Å². The lowest BCUT2D eigenvalue weighted by Gasteiger charge is -2.32. The Morgan fingerprint density at radius 2 is 2.08 bits per heavy atom. The van der Waals surface area contributed by atoms with Gasteiger partial charge in [-0.2, -0.15) is 0 Å². The molecule has 0 N–H and O–H groups in total. The van der Waals surface area contributed by atoms with Gasteiger partial charge in [0.15, 0.2) is 0 Å². The Morgan fingerprint density at radius 3 is 2.80 bits per heavy atom. The molecule has 138 valence electrons. The summed E-state index contributed by atoms with van der Waals surface area (Å²) >= 11 is 0. The Bertz CT molecular complexity index is 587. The van der Waals surface area contributed by atoms with Gasteiger partial charge in [-0.3, -0.25) is 4.79 Å². The summed E-state index contributed by atoms with van der Waals surface area (Å²) in [5, 5.41) is 0. The molecule has 0 radical (unpaired) electrons. The van der Waals surface area contributed by atoms with Crippen molar-refractivity contribution in [2.24, 2.45) is 0 Å². The average Bonchev–Trinajstić information content (AvgIpc) is 2.81. The Hall–Kier alpha value is -1.43. The first-order valence-corrected chi connectivity index (χ1v) is 9.19. The smallest absolute Gasteiger partial charge is 0.227 e. The molecule has 0 bridgehead atoms. The molecule has 1 aromatic rings. The van der Waals surface area contributed by atoms with Crippen molar-refractivity contribution in [1.82, 2.24) is 9.80 Å². The van der Waals surface area contributed by atoms with Crippen molar-refractivity contribution in [2.75, 3.05) is 46.9 Å². The van der Waals surface area contributed by atoms with Crippen LogP contribution in [0.5, 0.6) is 0 Å². The number of nitrogens with zero attached hydrogens (tertiary/aromatic N) is 2. The minimum atomic E-state index is -0.333. The monoisotopic (exact) mass is 346 g/mol. The second-order valence-electron chi connectivity index (χ2n) is 7.75. The van der Waals surface area contributed by atoms with Crippen LogP contribution in [0.4, 0.5) is 0 Å². The van der Waals surface area contributed by atoms with Crippen LogP contribution in [0.3, 0.4) is 0 Å². The number of likely N-dealkylation sites (N-methyl/N-ethyl adjacent to an activating group) is 1. The number of carbonyl (C=O) groups is 1. The molecule has 5 heteroatoms. The van der Waals surface area contributed by atoms with Gasteiger partial charge in [0, 0.05) is 13.1 Å². The molecular weight excluding hydrogens is 316 g/mol. The maximum atomic E-state index is 12.8. The third-order valence-corrected chi connectivity index (χ3v) is 5.09. The van der Waals surface area contributed by atoms with E-state index >= 15 is 0 Å². The maximum Gasteiger partial charge on any atom is 0.227 e. The molecule has 1 amide bonds. The average molecular weight is 346 g/mol. The minimum absolute atomic E-state index is 0.161. The van der Waals surface area contributed by atoms with Gasteiger partial charge >= 0.3 is 0 Å². The highest BCUT2D eigenvalue weighted by molar-refractivity contribution is 5.79. The summed E-state index contributed by atoms with van der Waals surface area (Å²) in [7, 11) is 4.13. The SMILES string of the molecule is Cc1ccc(CC(=O)N2CCOC[C@]3(CC[C@@H](CN(C)C)O3)C2)cc1. The van der Waals surface area contributed by atoms with Crippen molar-refractivity contribution < 1.29 is 14.3 Å². The van der Waals surface area contributed by atoms with Crippen molar-refractivity contribution in [3.05, 3.63) is 35.4 Å². The lowest BCUT2D eigenvalue weighted by Crippen LogP contribution is -2.47. The standard InChI is InChI=1S/C20H30N2O3/c1-16-4-6-17(7-5-16)12-19(23)22-10-11-24-15-20(14-22)9-8-18(25-20)13-21(2)3/h4-7,18H,8-15H2,1-3H3/t18-,20-/m0/s1. The number of rotatable bonds is 4. The van der Waals surface area contributed by atoms with Crippen molar-refractivity contribution in [2.45, 2.75) is 37.9 Å². The number of benzene rings is 1. The number of hydrogen-bond donors (Lipinski definition) is 0. The highest BCUT2D eigenvalue weighted by Gasteiger charge is 2.43. The largest absolute Gasteiger partial charge is 0.377 e. The molecule has 1 spiro atoms. The van der Waals surface area contributed by atoms with Crippen molar-refractivity contribution >= 4 is 5.91 Å². The van der Waals surface area contributed by atoms with Gasteiger partial charge in [0.05, 0.1) is 32.3 Å². The summed E-state index contributed by atoms with van der Waals surface area (Å²) in [5.41, 5.74) is 1.94. The molecule has 0 aliphatic carbocycles. The number of hydrogen-bond acceptors (Lipinski definition) is 4. The van der Waals surface area contributed by atoms with E-state index in [1.165, 1.54) is 5.56 Å². The molecular formula is C20H30N2O3. The van der Waals surface area contributed by atoms with Gasteiger partial charge in [-0.1, -0.05) is 29.8 Å². The van der Waals surface area contributed by atoms with Crippen molar-refractivity contribution in [1.29, 1.82) is 0 Å². The van der Waals surface area contributed by atoms with E-state index < -0.39 is 0 Å². The highest BCUT2D eigenvalue weighted by Crippen LogP contribution is 2.33. The van der Waals surface area contributed by atoms with Crippen LogP contribution in [0.25, 0.3) is 0 Å². The molecule has 0 unspecified atom stereocenters. The Morgan fingerprint density at radius 1 is 1.32 bits per heavy atom. The predicted octanol–water partition coefficient (Wildman–Crippen LogP) is 1.88. The summed E-state index contributed by atoms with van der Waals surface area (Å²) in [6.45, 7) is 5.44. The molecule has 0 aromatic heterocycles. The first-order chi connectivity index (χ1) is 12.0. The van der Waals surface area contributed by atoms with E-state index in [9.17, 15) is 4.79 Å². The van der Waals surface area contributed by atoms with E-state index in [0.717, 1.165) is 24.9 Å². The third kappa shape index (κ3) is 4.81. The molecule has 2 aliphatic heterocycles. The normalized spacial score (nSPS) is 27.0. The van der Waals surface area contributed by atoms with Crippen LogP contribution >= 0.6 is 0 Å². The first-order valence-electron chi connectivity index (χ1n) is 9.19. The van der Waals surface area contributed by atoms with Crippen LogP contribution in [-0.4, -0.2) is 74.4 Å². The zero-order chi connectivity index (χ0) is 17.9. The molecule has 2 fully saturated rings. The van der Waals surface area contributed by atoms with Crippen LogP contribution in [0.15, 0.2) is 24.3 Å². The van der Waals surface area contributed by atoms with Crippen molar-refractivity contribution in [3.63, 3.8) is 0 Å². The molecule has 25 heavy (non-hydrogen) atoms. The second kappa shape index (κ2) is 7.85. The topological polar surface area (TPSA) is 42.0 Å². The van der Waals surface area contributed by atoms with E-state index in [2.05, 4.69) is 38.1 Å². The van der Waals surface area contributed by atoms with Gasteiger partial charge in [0.2, 0.25) is 5.91 Å². The summed E-state index contributed by atoms with van der Waals surface area (Å²) in [4.78, 5) is 16.9. The minimum Gasteiger partial charge on any atom is -0.377 e. The Balaban J connectivity index is 1.63. The summed E-state index contributed by atoms with van der Waals surface area (Å²) in [6, 6.07) is 8.19. The zero-order valence-corrected chi connectivity index (χ0v) is 15.7. The van der Waals surface area contributed by atoms with Gasteiger partial charge in [-0.05, 0) is 39.4 Å². The molecule has 3 rings (SSSR count). The molecule has 1 aromatic carbocycles. The molecule has 2 heterocycles. The number of amides is 1. The van der Waals surface area contributed by atoms with Crippen LogP contribution in [0.1, 0.15) is 24.0 Å². The van der Waals surface area contributed by atoms with Gasteiger partial charge in [0.25, 0.3) is 0 Å². The Labute approximate surface area is 150 Å². The third-order valence-electron chi connectivity index (χ3n) is 5.09. The van der Waals surface area contributed by atoms with Gasteiger partial charge < -0.3 is 19.3 Å². The number of aryl methyl sites for hydroxylation is 1. The lowest BCUT2D eigenvalue weighted by molar-refractivity contribution is -0.135. The van der Waals surface area contributed by atoms with E-state index in [1.807, 2.05) is 17.0 Å². The lowest BCUT2D eigenvalue weighted by atomic mass is 9.99. The van der Waals surface area contributed by atoms with Crippen LogP contribution in [0, 0.1) is 6.92 Å². The molecule has 2 saturated heterocycles. The van der Waals surface area contributed by atoms with Crippen LogP contribution < -0.4 is 0 Å². The second-order valence-corrected chi connectivity index (χ2v) is 7.75. The summed E-state index contributed by atoms with van der Waals surface area (Å²) in [5.74, 6) is 0.161. The molecule has 2 aliphatic rings. The fourth-order valence-electron chi connectivity index (χ4n) is 3.76. The summed E-state index contributed by atoms with van der Waals surface area (Å²) in [6.07, 6.45) is 2.66. The fraction of sp³-hybridized carbons (Fsp3) is 0.650.